The van der Waals surface area contributed by atoms with Gasteiger partial charge >= 0.3 is 0 Å². The number of hydrogen-bond acceptors (Lipinski definition) is 2. The molecule has 0 saturated heterocycles. The minimum Gasteiger partial charge on any atom is -0.347 e. The molecule has 0 fully saturated rings. The summed E-state index contributed by atoms with van der Waals surface area (Å²) >= 11 is 5.99. The minimum absolute atomic E-state index is 0.118. The standard InChI is InChI=1S/C19H22ClN3O2/c1-11-15-14(8-9-19(2,3)22-17(15)24)16(23(11)4)18(25)21-13-7-5-6-12(20)10-13/h5-7,10H,8-9H2,1-4H3,(H,21,25)(H,22,24). The number of hydrogen-bond donors (Lipinski definition) is 2. The maximum absolute atomic E-state index is 12.9. The zero-order valence-corrected chi connectivity index (χ0v) is 15.6. The van der Waals surface area contributed by atoms with Crippen molar-refractivity contribution >= 4 is 29.1 Å². The number of halogens is 1. The zero-order valence-electron chi connectivity index (χ0n) is 14.9. The molecule has 5 nitrogen and oxygen atoms in total. The van der Waals surface area contributed by atoms with Gasteiger partial charge in [-0.2, -0.15) is 0 Å². The number of nitrogens with zero attached hydrogens (tertiary/aromatic N) is 1. The van der Waals surface area contributed by atoms with Crippen LogP contribution < -0.4 is 10.6 Å². The highest BCUT2D eigenvalue weighted by molar-refractivity contribution is 6.31. The van der Waals surface area contributed by atoms with Gasteiger partial charge in [0.2, 0.25) is 0 Å². The highest BCUT2D eigenvalue weighted by Gasteiger charge is 2.33. The number of carbonyl (C=O) groups excluding carboxylic acids is 2. The number of rotatable bonds is 2. The van der Waals surface area contributed by atoms with Crippen LogP contribution in [0.15, 0.2) is 24.3 Å². The lowest BCUT2D eigenvalue weighted by atomic mass is 9.96. The summed E-state index contributed by atoms with van der Waals surface area (Å²) in [6.07, 6.45) is 1.44. The summed E-state index contributed by atoms with van der Waals surface area (Å²) in [5, 5.41) is 6.49. The molecule has 0 spiro atoms. The van der Waals surface area contributed by atoms with E-state index in [1.807, 2.05) is 27.8 Å². The lowest BCUT2D eigenvalue weighted by molar-refractivity contribution is 0.0914. The van der Waals surface area contributed by atoms with Crippen LogP contribution in [0.5, 0.6) is 0 Å². The van der Waals surface area contributed by atoms with E-state index in [0.29, 0.717) is 28.4 Å². The first-order valence-electron chi connectivity index (χ1n) is 8.27. The smallest absolute Gasteiger partial charge is 0.272 e. The maximum atomic E-state index is 12.9. The molecular weight excluding hydrogens is 338 g/mol. The fourth-order valence-corrected chi connectivity index (χ4v) is 3.53. The van der Waals surface area contributed by atoms with E-state index in [1.165, 1.54) is 0 Å². The number of fused-ring (bicyclic) bond motifs is 1. The van der Waals surface area contributed by atoms with Crippen LogP contribution in [0, 0.1) is 6.92 Å². The van der Waals surface area contributed by atoms with Crippen LogP contribution in [0.25, 0.3) is 0 Å². The van der Waals surface area contributed by atoms with E-state index in [9.17, 15) is 9.59 Å². The van der Waals surface area contributed by atoms with Crippen molar-refractivity contribution in [3.05, 3.63) is 51.8 Å². The SMILES string of the molecule is Cc1c2c(c(C(=O)Nc3cccc(Cl)c3)n1C)CCC(C)(C)NC2=O. The van der Waals surface area contributed by atoms with Crippen LogP contribution >= 0.6 is 11.6 Å². The molecule has 0 aliphatic carbocycles. The third-order valence-electron chi connectivity index (χ3n) is 4.76. The second kappa shape index (κ2) is 6.23. The van der Waals surface area contributed by atoms with Gasteiger partial charge in [-0.25, -0.2) is 0 Å². The van der Waals surface area contributed by atoms with Crippen LogP contribution in [0.3, 0.4) is 0 Å². The Bertz CT molecular complexity index is 868. The molecular formula is C19H22ClN3O2. The van der Waals surface area contributed by atoms with Gasteiger partial charge < -0.3 is 15.2 Å². The molecule has 0 atom stereocenters. The van der Waals surface area contributed by atoms with Crippen molar-refractivity contribution in [2.24, 2.45) is 7.05 Å². The molecule has 2 amide bonds. The average molecular weight is 360 g/mol. The molecule has 0 unspecified atom stereocenters. The minimum atomic E-state index is -0.297. The second-order valence-electron chi connectivity index (χ2n) is 7.15. The molecule has 2 heterocycles. The van der Waals surface area contributed by atoms with Crippen LogP contribution in [0.1, 0.15) is 52.4 Å². The van der Waals surface area contributed by atoms with E-state index >= 15 is 0 Å². The molecule has 3 rings (SSSR count). The van der Waals surface area contributed by atoms with Crippen molar-refractivity contribution < 1.29 is 9.59 Å². The van der Waals surface area contributed by atoms with Gasteiger partial charge in [0.1, 0.15) is 5.69 Å². The number of amides is 2. The van der Waals surface area contributed by atoms with Crippen molar-refractivity contribution in [3.63, 3.8) is 0 Å². The monoisotopic (exact) mass is 359 g/mol. The van der Waals surface area contributed by atoms with Crippen molar-refractivity contribution in [1.82, 2.24) is 9.88 Å². The summed E-state index contributed by atoms with van der Waals surface area (Å²) in [6.45, 7) is 5.86. The number of anilines is 1. The highest BCUT2D eigenvalue weighted by Crippen LogP contribution is 2.30. The third kappa shape index (κ3) is 3.29. The number of benzene rings is 1. The summed E-state index contributed by atoms with van der Waals surface area (Å²) < 4.78 is 1.79. The van der Waals surface area contributed by atoms with Gasteiger partial charge in [0, 0.05) is 29.0 Å². The second-order valence-corrected chi connectivity index (χ2v) is 7.59. The Labute approximate surface area is 152 Å². The number of nitrogens with one attached hydrogen (secondary N) is 2. The molecule has 0 saturated carbocycles. The largest absolute Gasteiger partial charge is 0.347 e. The van der Waals surface area contributed by atoms with Crippen molar-refractivity contribution in [2.75, 3.05) is 5.32 Å². The van der Waals surface area contributed by atoms with Crippen molar-refractivity contribution in [1.29, 1.82) is 0 Å². The summed E-state index contributed by atoms with van der Waals surface area (Å²) in [5.74, 6) is -0.353. The zero-order chi connectivity index (χ0) is 18.4. The van der Waals surface area contributed by atoms with E-state index < -0.39 is 0 Å². The Morgan fingerprint density at radius 3 is 2.76 bits per heavy atom. The van der Waals surface area contributed by atoms with Gasteiger partial charge in [0.15, 0.2) is 0 Å². The third-order valence-corrected chi connectivity index (χ3v) is 5.00. The topological polar surface area (TPSA) is 63.1 Å². The Morgan fingerprint density at radius 2 is 2.08 bits per heavy atom. The summed E-state index contributed by atoms with van der Waals surface area (Å²) in [6, 6.07) is 7.02. The summed E-state index contributed by atoms with van der Waals surface area (Å²) in [4.78, 5) is 25.6. The maximum Gasteiger partial charge on any atom is 0.272 e. The van der Waals surface area contributed by atoms with Crippen LogP contribution in [-0.4, -0.2) is 21.9 Å². The first-order chi connectivity index (χ1) is 11.7. The lowest BCUT2D eigenvalue weighted by Crippen LogP contribution is -2.42. The Hall–Kier alpha value is -2.27. The van der Waals surface area contributed by atoms with E-state index in [2.05, 4.69) is 10.6 Å². The van der Waals surface area contributed by atoms with E-state index in [1.54, 1.807) is 28.8 Å². The predicted octanol–water partition coefficient (Wildman–Crippen LogP) is 3.69. The lowest BCUT2D eigenvalue weighted by Gasteiger charge is -2.23. The molecule has 1 aromatic heterocycles. The van der Waals surface area contributed by atoms with Gasteiger partial charge in [0.25, 0.3) is 11.8 Å². The molecule has 6 heteroatoms. The quantitative estimate of drug-likeness (QED) is 0.858. The van der Waals surface area contributed by atoms with Crippen LogP contribution in [-0.2, 0) is 13.5 Å². The average Bonchev–Trinajstić information content (AvgIpc) is 2.69. The van der Waals surface area contributed by atoms with Gasteiger partial charge in [-0.05, 0) is 57.4 Å². The normalized spacial score (nSPS) is 16.0. The first-order valence-corrected chi connectivity index (χ1v) is 8.65. The molecule has 25 heavy (non-hydrogen) atoms. The molecule has 0 bridgehead atoms. The van der Waals surface area contributed by atoms with Gasteiger partial charge in [-0.3, -0.25) is 9.59 Å². The van der Waals surface area contributed by atoms with Crippen LogP contribution in [0.4, 0.5) is 5.69 Å². The number of aromatic nitrogens is 1. The molecule has 1 aliphatic rings. The first kappa shape index (κ1) is 17.5. The van der Waals surface area contributed by atoms with Gasteiger partial charge in [-0.1, -0.05) is 17.7 Å². The summed E-state index contributed by atoms with van der Waals surface area (Å²) in [7, 11) is 1.81. The molecule has 2 N–H and O–H groups in total. The molecule has 1 aliphatic heterocycles. The molecule has 2 aromatic rings. The van der Waals surface area contributed by atoms with Gasteiger partial charge in [-0.15, -0.1) is 0 Å². The molecule has 1 aromatic carbocycles. The Kier molecular flexibility index (Phi) is 4.37. The number of carbonyl (C=O) groups is 2. The predicted molar refractivity (Wildman–Crippen MR) is 99.4 cm³/mol. The molecule has 132 valence electrons. The van der Waals surface area contributed by atoms with E-state index in [0.717, 1.165) is 17.7 Å². The fourth-order valence-electron chi connectivity index (χ4n) is 3.34. The fraction of sp³-hybridized carbons (Fsp3) is 0.368. The Morgan fingerprint density at radius 1 is 1.36 bits per heavy atom. The summed E-state index contributed by atoms with van der Waals surface area (Å²) in [5.41, 5.74) is 3.08. The highest BCUT2D eigenvalue weighted by atomic mass is 35.5. The Balaban J connectivity index is 2.02. The van der Waals surface area contributed by atoms with E-state index in [4.69, 9.17) is 11.6 Å². The van der Waals surface area contributed by atoms with E-state index in [-0.39, 0.29) is 17.4 Å². The van der Waals surface area contributed by atoms with Crippen LogP contribution in [0.2, 0.25) is 5.02 Å². The van der Waals surface area contributed by atoms with Crippen molar-refractivity contribution in [3.8, 4) is 0 Å². The molecule has 0 radical (unpaired) electrons. The van der Waals surface area contributed by atoms with Crippen molar-refractivity contribution in [2.45, 2.75) is 39.2 Å². The van der Waals surface area contributed by atoms with Gasteiger partial charge in [0.05, 0.1) is 5.56 Å².